The Morgan fingerprint density at radius 2 is 1.71 bits per heavy atom. The number of fused-ring (bicyclic) bond motifs is 1. The summed E-state index contributed by atoms with van der Waals surface area (Å²) in [5, 5.41) is 0. The smallest absolute Gasteiger partial charge is 0.173 e. The minimum absolute atomic E-state index is 0.257. The van der Waals surface area contributed by atoms with Gasteiger partial charge in [-0.25, -0.2) is 0 Å². The molecule has 0 fully saturated rings. The molecule has 17 heavy (non-hydrogen) atoms. The number of rotatable bonds is 1. The maximum atomic E-state index is 12.5. The lowest BCUT2D eigenvalue weighted by Gasteiger charge is -2.17. The number of benzene rings is 1. The van der Waals surface area contributed by atoms with E-state index in [2.05, 4.69) is 0 Å². The van der Waals surface area contributed by atoms with Crippen molar-refractivity contribution in [3.63, 3.8) is 0 Å². The van der Waals surface area contributed by atoms with Gasteiger partial charge in [-0.1, -0.05) is 36.4 Å². The van der Waals surface area contributed by atoms with Gasteiger partial charge < -0.3 is 0 Å². The van der Waals surface area contributed by atoms with Crippen LogP contribution in [-0.4, -0.2) is 6.18 Å². The molecule has 0 radical (unpaired) electrons. The van der Waals surface area contributed by atoms with Crippen molar-refractivity contribution in [3.05, 3.63) is 53.1 Å². The van der Waals surface area contributed by atoms with Gasteiger partial charge in [0, 0.05) is 5.92 Å². The summed E-state index contributed by atoms with van der Waals surface area (Å²) in [6.07, 6.45) is -5.13. The molecule has 1 aromatic rings. The summed E-state index contributed by atoms with van der Waals surface area (Å²) in [5.41, 5.74) is -0.980. The quantitative estimate of drug-likeness (QED) is 0.639. The first-order valence-corrected chi connectivity index (χ1v) is 4.80. The van der Waals surface area contributed by atoms with E-state index in [0.717, 1.165) is 6.08 Å². The molecule has 1 aliphatic rings. The first-order valence-electron chi connectivity index (χ1n) is 4.80. The van der Waals surface area contributed by atoms with E-state index in [9.17, 15) is 22.0 Å². The van der Waals surface area contributed by atoms with E-state index in [1.165, 1.54) is 18.2 Å². The maximum Gasteiger partial charge on any atom is 0.418 e. The Balaban J connectivity index is 2.51. The zero-order chi connectivity index (χ0) is 12.6. The molecule has 0 heterocycles. The van der Waals surface area contributed by atoms with Crippen LogP contribution in [-0.2, 0) is 0 Å². The highest BCUT2D eigenvalue weighted by Crippen LogP contribution is 2.44. The van der Waals surface area contributed by atoms with Crippen molar-refractivity contribution in [2.75, 3.05) is 0 Å². The van der Waals surface area contributed by atoms with Gasteiger partial charge in [0.05, 0.1) is 0 Å². The molecule has 1 atom stereocenters. The summed E-state index contributed by atoms with van der Waals surface area (Å²) < 4.78 is 62.6. The molecule has 1 unspecified atom stereocenters. The molecule has 90 valence electrons. The second-order valence-corrected chi connectivity index (χ2v) is 3.64. The summed E-state index contributed by atoms with van der Waals surface area (Å²) in [6, 6.07) is 6.20. The van der Waals surface area contributed by atoms with Crippen molar-refractivity contribution in [2.45, 2.75) is 12.1 Å². The average Bonchev–Trinajstić information content (AvgIpc) is 2.60. The van der Waals surface area contributed by atoms with Crippen LogP contribution in [0, 0.1) is 0 Å². The Kier molecular flexibility index (Phi) is 2.77. The Morgan fingerprint density at radius 3 is 2.29 bits per heavy atom. The molecule has 0 saturated heterocycles. The maximum absolute atomic E-state index is 12.5. The number of hydrogen-bond acceptors (Lipinski definition) is 0. The van der Waals surface area contributed by atoms with Crippen molar-refractivity contribution < 1.29 is 22.0 Å². The summed E-state index contributed by atoms with van der Waals surface area (Å²) in [5.74, 6) is -1.41. The van der Waals surface area contributed by atoms with Gasteiger partial charge in [0.25, 0.3) is 6.08 Å². The van der Waals surface area contributed by atoms with E-state index < -0.39 is 23.7 Å². The van der Waals surface area contributed by atoms with E-state index in [0.29, 0.717) is 5.56 Å². The van der Waals surface area contributed by atoms with E-state index in [1.54, 1.807) is 12.1 Å². The first kappa shape index (κ1) is 11.8. The van der Waals surface area contributed by atoms with Crippen LogP contribution in [0.15, 0.2) is 42.0 Å². The Bertz CT molecular complexity index is 492. The third-order valence-electron chi connectivity index (χ3n) is 2.62. The molecule has 5 heteroatoms. The number of halogens is 5. The summed E-state index contributed by atoms with van der Waals surface area (Å²) in [4.78, 5) is 0. The Hall–Kier alpha value is -1.65. The fourth-order valence-corrected chi connectivity index (χ4v) is 1.90. The minimum atomic E-state index is -5.02. The van der Waals surface area contributed by atoms with Crippen LogP contribution in [0.5, 0.6) is 0 Å². The van der Waals surface area contributed by atoms with Crippen LogP contribution in [0.25, 0.3) is 6.08 Å². The van der Waals surface area contributed by atoms with Crippen molar-refractivity contribution in [1.82, 2.24) is 0 Å². The van der Waals surface area contributed by atoms with Crippen LogP contribution in [0.4, 0.5) is 22.0 Å². The average molecular weight is 246 g/mol. The highest BCUT2D eigenvalue weighted by atomic mass is 19.4. The lowest BCUT2D eigenvalue weighted by atomic mass is 9.93. The lowest BCUT2D eigenvalue weighted by Crippen LogP contribution is -2.18. The number of alkyl halides is 3. The molecule has 1 aliphatic carbocycles. The van der Waals surface area contributed by atoms with Crippen LogP contribution < -0.4 is 0 Å². The summed E-state index contributed by atoms with van der Waals surface area (Å²) >= 11 is 0. The van der Waals surface area contributed by atoms with E-state index >= 15 is 0 Å². The largest absolute Gasteiger partial charge is 0.418 e. The lowest BCUT2D eigenvalue weighted by molar-refractivity contribution is -0.0981. The zero-order valence-corrected chi connectivity index (χ0v) is 8.43. The molecule has 0 nitrogen and oxygen atoms in total. The molecule has 1 aromatic carbocycles. The van der Waals surface area contributed by atoms with Crippen molar-refractivity contribution >= 4 is 6.08 Å². The molecular formula is C12H7F5. The monoisotopic (exact) mass is 246 g/mol. The van der Waals surface area contributed by atoms with Crippen LogP contribution in [0.3, 0.4) is 0 Å². The predicted octanol–water partition coefficient (Wildman–Crippen LogP) is 4.51. The summed E-state index contributed by atoms with van der Waals surface area (Å²) in [6.45, 7) is 0. The summed E-state index contributed by atoms with van der Waals surface area (Å²) in [7, 11) is 0. The molecule has 0 aromatic heterocycles. The van der Waals surface area contributed by atoms with Crippen LogP contribution >= 0.6 is 0 Å². The van der Waals surface area contributed by atoms with E-state index in [1.807, 2.05) is 0 Å². The topological polar surface area (TPSA) is 0 Å². The van der Waals surface area contributed by atoms with Gasteiger partial charge in [-0.2, -0.15) is 22.0 Å². The number of hydrogen-bond donors (Lipinski definition) is 0. The Morgan fingerprint density at radius 1 is 1.06 bits per heavy atom. The number of allylic oxidation sites excluding steroid dienone is 2. The normalized spacial score (nSPS) is 18.1. The zero-order valence-electron chi connectivity index (χ0n) is 8.43. The van der Waals surface area contributed by atoms with Gasteiger partial charge in [0.15, 0.2) is 0 Å². The molecule has 0 bridgehead atoms. The van der Waals surface area contributed by atoms with Crippen molar-refractivity contribution in [1.29, 1.82) is 0 Å². The van der Waals surface area contributed by atoms with Gasteiger partial charge >= 0.3 is 6.18 Å². The molecule has 0 spiro atoms. The molecule has 0 aliphatic heterocycles. The van der Waals surface area contributed by atoms with Gasteiger partial charge in [-0.15, -0.1) is 0 Å². The third-order valence-corrected chi connectivity index (χ3v) is 2.62. The fraction of sp³-hybridized carbons (Fsp3) is 0.167. The second-order valence-electron chi connectivity index (χ2n) is 3.64. The van der Waals surface area contributed by atoms with E-state index in [4.69, 9.17) is 0 Å². The highest BCUT2D eigenvalue weighted by molar-refractivity contribution is 5.65. The van der Waals surface area contributed by atoms with Crippen molar-refractivity contribution in [3.8, 4) is 0 Å². The van der Waals surface area contributed by atoms with Gasteiger partial charge in [-0.3, -0.25) is 0 Å². The molecule has 2 rings (SSSR count). The highest BCUT2D eigenvalue weighted by Gasteiger charge is 2.43. The van der Waals surface area contributed by atoms with E-state index in [-0.39, 0.29) is 5.56 Å². The SMILES string of the molecule is FC(F)=C(C1C=Cc2ccccc21)C(F)(F)F. The Labute approximate surface area is 94.1 Å². The predicted molar refractivity (Wildman–Crippen MR) is 53.5 cm³/mol. The molecule has 0 N–H and O–H groups in total. The molecule has 0 saturated carbocycles. The standard InChI is InChI=1S/C12H7F5/c13-11(14)10(12(15,16)17)9-6-5-7-3-1-2-4-8(7)9/h1-6,9H. The van der Waals surface area contributed by atoms with Crippen LogP contribution in [0.1, 0.15) is 17.0 Å². The third kappa shape index (κ3) is 2.09. The minimum Gasteiger partial charge on any atom is -0.173 e. The molecular weight excluding hydrogens is 239 g/mol. The second kappa shape index (κ2) is 3.98. The first-order chi connectivity index (χ1) is 7.91. The van der Waals surface area contributed by atoms with Gasteiger partial charge in [-0.05, 0) is 11.1 Å². The fourth-order valence-electron chi connectivity index (χ4n) is 1.90. The molecule has 0 amide bonds. The van der Waals surface area contributed by atoms with Crippen molar-refractivity contribution in [2.24, 2.45) is 0 Å². The van der Waals surface area contributed by atoms with Crippen LogP contribution in [0.2, 0.25) is 0 Å². The van der Waals surface area contributed by atoms with Gasteiger partial charge in [0.1, 0.15) is 5.57 Å². The van der Waals surface area contributed by atoms with Gasteiger partial charge in [0.2, 0.25) is 0 Å².